The molecule has 0 fully saturated rings. The van der Waals surface area contributed by atoms with Crippen molar-refractivity contribution in [3.8, 4) is 22.6 Å². The third-order valence-electron chi connectivity index (χ3n) is 3.34. The van der Waals surface area contributed by atoms with Gasteiger partial charge in [-0.05, 0) is 6.92 Å². The molecule has 1 heterocycles. The van der Waals surface area contributed by atoms with Crippen molar-refractivity contribution in [2.75, 3.05) is 6.61 Å². The van der Waals surface area contributed by atoms with Crippen LogP contribution in [0.4, 0.5) is 4.79 Å². The lowest BCUT2D eigenvalue weighted by Crippen LogP contribution is -2.25. The first-order chi connectivity index (χ1) is 11.2. The molecule has 0 unspecified atom stereocenters. The van der Waals surface area contributed by atoms with Crippen LogP contribution in [0, 0.1) is 0 Å². The van der Waals surface area contributed by atoms with Crippen molar-refractivity contribution in [1.82, 2.24) is 4.57 Å². The van der Waals surface area contributed by atoms with Crippen LogP contribution in [-0.4, -0.2) is 17.3 Å². The molecular weight excluding hydrogens is 294 g/mol. The van der Waals surface area contributed by atoms with Gasteiger partial charge in [0.05, 0.1) is 6.61 Å². The lowest BCUT2D eigenvalue weighted by Gasteiger charge is -2.07. The molecule has 2 aromatic carbocycles. The number of hydrogen-bond donors (Lipinski definition) is 0. The predicted octanol–water partition coefficient (Wildman–Crippen LogP) is 3.78. The van der Waals surface area contributed by atoms with Crippen LogP contribution in [0.25, 0.3) is 22.6 Å². The lowest BCUT2D eigenvalue weighted by molar-refractivity contribution is 0.152. The molecule has 23 heavy (non-hydrogen) atoms. The molecule has 3 aromatic rings. The smallest absolute Gasteiger partial charge is 0.429 e. The van der Waals surface area contributed by atoms with E-state index in [1.165, 1.54) is 0 Å². The Labute approximate surface area is 132 Å². The van der Waals surface area contributed by atoms with Crippen molar-refractivity contribution in [2.45, 2.75) is 6.92 Å². The van der Waals surface area contributed by atoms with Crippen LogP contribution in [0.15, 0.2) is 69.9 Å². The monoisotopic (exact) mass is 309 g/mol. The van der Waals surface area contributed by atoms with Crippen LogP contribution < -0.4 is 5.76 Å². The molecule has 0 aliphatic carbocycles. The molecule has 0 amide bonds. The van der Waals surface area contributed by atoms with E-state index in [-0.39, 0.29) is 6.61 Å². The summed E-state index contributed by atoms with van der Waals surface area (Å²) >= 11 is 0. The molecule has 0 bridgehead atoms. The minimum absolute atomic E-state index is 0.172. The second-order valence-electron chi connectivity index (χ2n) is 4.81. The minimum Gasteiger partial charge on any atom is -0.449 e. The molecule has 0 atom stereocenters. The van der Waals surface area contributed by atoms with Gasteiger partial charge < -0.3 is 9.15 Å². The zero-order valence-electron chi connectivity index (χ0n) is 12.6. The van der Waals surface area contributed by atoms with Crippen molar-refractivity contribution in [3.63, 3.8) is 0 Å². The molecule has 0 radical (unpaired) electrons. The fraction of sp³-hybridized carbons (Fsp3) is 0.111. The molecule has 0 aliphatic rings. The highest BCUT2D eigenvalue weighted by molar-refractivity contribution is 5.85. The highest BCUT2D eigenvalue weighted by atomic mass is 16.6. The molecule has 5 heteroatoms. The quantitative estimate of drug-likeness (QED) is 0.738. The molecular formula is C18H15NO4. The fourth-order valence-corrected chi connectivity index (χ4v) is 2.37. The van der Waals surface area contributed by atoms with Gasteiger partial charge in [0, 0.05) is 11.1 Å². The molecule has 0 N–H and O–H groups in total. The van der Waals surface area contributed by atoms with E-state index in [9.17, 15) is 9.59 Å². The highest BCUT2D eigenvalue weighted by Gasteiger charge is 2.24. The average molecular weight is 309 g/mol. The Morgan fingerprint density at radius 3 is 2.13 bits per heavy atom. The van der Waals surface area contributed by atoms with Crippen LogP contribution in [0.5, 0.6) is 0 Å². The van der Waals surface area contributed by atoms with E-state index in [1.807, 2.05) is 60.7 Å². The van der Waals surface area contributed by atoms with Crippen LogP contribution in [0.2, 0.25) is 0 Å². The van der Waals surface area contributed by atoms with Crippen LogP contribution in [0.1, 0.15) is 6.92 Å². The first-order valence-electron chi connectivity index (χ1n) is 7.26. The maximum absolute atomic E-state index is 12.2. The topological polar surface area (TPSA) is 61.4 Å². The maximum Gasteiger partial charge on any atom is 0.429 e. The van der Waals surface area contributed by atoms with E-state index in [0.717, 1.165) is 4.57 Å². The molecule has 1 aromatic heterocycles. The number of carbonyl (C=O) groups is 1. The zero-order chi connectivity index (χ0) is 16.2. The van der Waals surface area contributed by atoms with E-state index in [0.29, 0.717) is 22.6 Å². The molecule has 0 saturated heterocycles. The molecule has 3 rings (SSSR count). The fourth-order valence-electron chi connectivity index (χ4n) is 2.37. The van der Waals surface area contributed by atoms with E-state index in [2.05, 4.69) is 0 Å². The van der Waals surface area contributed by atoms with Gasteiger partial charge in [0.2, 0.25) is 0 Å². The number of ether oxygens (including phenoxy) is 1. The summed E-state index contributed by atoms with van der Waals surface area (Å²) in [7, 11) is 0. The standard InChI is InChI=1S/C18H15NO4/c1-2-22-17(20)19-15(13-9-5-3-6-10-13)16(23-18(19)21)14-11-7-4-8-12-14/h3-12H,2H2,1H3. The zero-order valence-corrected chi connectivity index (χ0v) is 12.6. The predicted molar refractivity (Wildman–Crippen MR) is 86.3 cm³/mol. The van der Waals surface area contributed by atoms with Crippen molar-refractivity contribution >= 4 is 6.09 Å². The van der Waals surface area contributed by atoms with Gasteiger partial charge in [-0.15, -0.1) is 0 Å². The van der Waals surface area contributed by atoms with Gasteiger partial charge in [-0.1, -0.05) is 60.7 Å². The summed E-state index contributed by atoms with van der Waals surface area (Å²) in [5.74, 6) is -0.420. The average Bonchev–Trinajstić information content (AvgIpc) is 2.94. The van der Waals surface area contributed by atoms with Gasteiger partial charge in [-0.3, -0.25) is 0 Å². The molecule has 0 spiro atoms. The SMILES string of the molecule is CCOC(=O)n1c(-c2ccccc2)c(-c2ccccc2)oc1=O. The second-order valence-corrected chi connectivity index (χ2v) is 4.81. The van der Waals surface area contributed by atoms with Gasteiger partial charge in [-0.2, -0.15) is 4.57 Å². The molecule has 0 saturated carbocycles. The highest BCUT2D eigenvalue weighted by Crippen LogP contribution is 2.31. The van der Waals surface area contributed by atoms with E-state index in [4.69, 9.17) is 9.15 Å². The number of oxazole rings is 1. The Hall–Kier alpha value is -3.08. The summed E-state index contributed by atoms with van der Waals surface area (Å²) in [6.07, 6.45) is -0.748. The van der Waals surface area contributed by atoms with Crippen molar-refractivity contribution in [2.24, 2.45) is 0 Å². The van der Waals surface area contributed by atoms with Gasteiger partial charge in [0.1, 0.15) is 5.69 Å². The summed E-state index contributed by atoms with van der Waals surface area (Å²) in [6, 6.07) is 18.3. The van der Waals surface area contributed by atoms with Crippen molar-refractivity contribution in [3.05, 3.63) is 71.2 Å². The van der Waals surface area contributed by atoms with Gasteiger partial charge in [0.15, 0.2) is 5.76 Å². The Bertz CT molecular complexity index is 863. The number of carbonyl (C=O) groups excluding carboxylic acids is 1. The Kier molecular flexibility index (Phi) is 4.10. The number of benzene rings is 2. The van der Waals surface area contributed by atoms with E-state index in [1.54, 1.807) is 6.92 Å². The van der Waals surface area contributed by atoms with E-state index < -0.39 is 11.8 Å². The van der Waals surface area contributed by atoms with Crippen molar-refractivity contribution in [1.29, 1.82) is 0 Å². The summed E-state index contributed by atoms with van der Waals surface area (Å²) in [5.41, 5.74) is 1.80. The first-order valence-corrected chi connectivity index (χ1v) is 7.26. The second kappa shape index (κ2) is 6.36. The minimum atomic E-state index is -0.763. The number of rotatable bonds is 3. The summed E-state index contributed by atoms with van der Waals surface area (Å²) in [6.45, 7) is 1.86. The molecule has 116 valence electrons. The maximum atomic E-state index is 12.2. The van der Waals surface area contributed by atoms with Gasteiger partial charge >= 0.3 is 11.8 Å². The largest absolute Gasteiger partial charge is 0.449 e. The normalized spacial score (nSPS) is 10.5. The third-order valence-corrected chi connectivity index (χ3v) is 3.34. The Balaban J connectivity index is 2.28. The Morgan fingerprint density at radius 1 is 1.00 bits per heavy atom. The van der Waals surface area contributed by atoms with Crippen LogP contribution in [0.3, 0.4) is 0 Å². The van der Waals surface area contributed by atoms with Crippen LogP contribution >= 0.6 is 0 Å². The van der Waals surface area contributed by atoms with E-state index >= 15 is 0 Å². The number of hydrogen-bond acceptors (Lipinski definition) is 4. The summed E-state index contributed by atoms with van der Waals surface area (Å²) < 4.78 is 11.3. The Morgan fingerprint density at radius 2 is 1.57 bits per heavy atom. The lowest BCUT2D eigenvalue weighted by atomic mass is 10.1. The first kappa shape index (κ1) is 14.8. The van der Waals surface area contributed by atoms with Gasteiger partial charge in [0.25, 0.3) is 0 Å². The molecule has 5 nitrogen and oxygen atoms in total. The molecule has 0 aliphatic heterocycles. The summed E-state index contributed by atoms with van der Waals surface area (Å²) in [4.78, 5) is 24.4. The van der Waals surface area contributed by atoms with Crippen LogP contribution in [-0.2, 0) is 4.74 Å². The van der Waals surface area contributed by atoms with Crippen molar-refractivity contribution < 1.29 is 13.9 Å². The third kappa shape index (κ3) is 2.81. The summed E-state index contributed by atoms with van der Waals surface area (Å²) in [5, 5.41) is 0. The van der Waals surface area contributed by atoms with Gasteiger partial charge in [-0.25, -0.2) is 9.59 Å². The number of aromatic nitrogens is 1. The number of nitrogens with zero attached hydrogens (tertiary/aromatic N) is 1.